The molecular formula is C29H30N4O4. The minimum absolute atomic E-state index is 0.0172. The molecule has 0 amide bonds. The number of aromatic nitrogens is 3. The largest absolute Gasteiger partial charge is 0.493 e. The predicted octanol–water partition coefficient (Wildman–Crippen LogP) is 4.89. The normalized spacial score (nSPS) is 17.2. The number of aryl methyl sites for hydroxylation is 2. The Hall–Kier alpha value is -4.20. The fourth-order valence-electron chi connectivity index (χ4n) is 4.73. The van der Waals surface area contributed by atoms with E-state index in [1.54, 1.807) is 6.20 Å². The van der Waals surface area contributed by atoms with E-state index in [4.69, 9.17) is 9.15 Å². The zero-order valence-electron chi connectivity index (χ0n) is 21.0. The molecule has 1 aliphatic rings. The van der Waals surface area contributed by atoms with Crippen LogP contribution < -0.4 is 9.64 Å². The van der Waals surface area contributed by atoms with Crippen LogP contribution in [0.4, 0.5) is 5.95 Å². The number of ether oxygens (including phenoxy) is 1. The van der Waals surface area contributed by atoms with Crippen LogP contribution in [0.3, 0.4) is 0 Å². The van der Waals surface area contributed by atoms with Gasteiger partial charge in [-0.1, -0.05) is 30.3 Å². The number of oxazole rings is 1. The Bertz CT molecular complexity index is 1350. The molecule has 8 heteroatoms. The quantitative estimate of drug-likeness (QED) is 0.348. The highest BCUT2D eigenvalue weighted by Crippen LogP contribution is 2.30. The number of nitrogens with zero attached hydrogens (tertiary/aromatic N) is 4. The van der Waals surface area contributed by atoms with Crippen LogP contribution in [0.15, 0.2) is 71.3 Å². The summed E-state index contributed by atoms with van der Waals surface area (Å²) in [6.45, 7) is 4.74. The standard InChI is InChI=1S/C29H30N4O4/c1-19-12-14-30-29(31-19)33-18-23(28(34)35)17-24(33)16-21-8-10-25(11-9-21)36-15-13-26-20(2)37-27(32-26)22-6-4-3-5-7-22/h3-12,14,23-24H,13,15-18H2,1-2H3,(H,34,35)/t23-,24-/m0/s1. The highest BCUT2D eigenvalue weighted by Gasteiger charge is 2.37. The van der Waals surface area contributed by atoms with Gasteiger partial charge in [0.05, 0.1) is 18.2 Å². The smallest absolute Gasteiger partial charge is 0.308 e. The van der Waals surface area contributed by atoms with Crippen molar-refractivity contribution < 1.29 is 19.1 Å². The fraction of sp³-hybridized carbons (Fsp3) is 0.310. The Morgan fingerprint density at radius 1 is 1.08 bits per heavy atom. The van der Waals surface area contributed by atoms with Crippen molar-refractivity contribution in [3.63, 3.8) is 0 Å². The monoisotopic (exact) mass is 498 g/mol. The molecule has 1 aliphatic heterocycles. The van der Waals surface area contributed by atoms with Crippen molar-refractivity contribution in [2.45, 2.75) is 39.2 Å². The van der Waals surface area contributed by atoms with Gasteiger partial charge in [0.25, 0.3) is 0 Å². The van der Waals surface area contributed by atoms with Crippen LogP contribution in [0.2, 0.25) is 0 Å². The third-order valence-electron chi connectivity index (χ3n) is 6.72. The molecule has 2 aromatic carbocycles. The van der Waals surface area contributed by atoms with Crippen molar-refractivity contribution in [3.8, 4) is 17.2 Å². The SMILES string of the molecule is Cc1ccnc(N2C[C@@H](C(=O)O)C[C@@H]2Cc2ccc(OCCc3nc(-c4ccccc4)oc3C)cc2)n1. The number of benzene rings is 2. The van der Waals surface area contributed by atoms with Crippen LogP contribution in [0.25, 0.3) is 11.5 Å². The van der Waals surface area contributed by atoms with Gasteiger partial charge in [-0.05, 0) is 62.6 Å². The summed E-state index contributed by atoms with van der Waals surface area (Å²) in [6, 6.07) is 19.7. The molecule has 5 rings (SSSR count). The van der Waals surface area contributed by atoms with Gasteiger partial charge in [-0.2, -0.15) is 0 Å². The molecule has 0 saturated carbocycles. The summed E-state index contributed by atoms with van der Waals surface area (Å²) < 4.78 is 11.8. The molecule has 1 N–H and O–H groups in total. The molecule has 190 valence electrons. The molecule has 2 aromatic heterocycles. The van der Waals surface area contributed by atoms with Crippen molar-refractivity contribution in [3.05, 3.63) is 89.6 Å². The summed E-state index contributed by atoms with van der Waals surface area (Å²) in [5, 5.41) is 9.60. The lowest BCUT2D eigenvalue weighted by molar-refractivity contribution is -0.141. The van der Waals surface area contributed by atoms with Gasteiger partial charge in [0, 0.05) is 36.5 Å². The number of hydrogen-bond acceptors (Lipinski definition) is 7. The molecule has 0 bridgehead atoms. The number of anilines is 1. The molecule has 0 radical (unpaired) electrons. The molecule has 0 spiro atoms. The lowest BCUT2D eigenvalue weighted by Crippen LogP contribution is -2.33. The van der Waals surface area contributed by atoms with Crippen LogP contribution in [-0.2, 0) is 17.6 Å². The number of rotatable bonds is 9. The summed E-state index contributed by atoms with van der Waals surface area (Å²) in [6.07, 6.45) is 3.64. The molecule has 0 aliphatic carbocycles. The van der Waals surface area contributed by atoms with Gasteiger partial charge in [-0.25, -0.2) is 15.0 Å². The maximum Gasteiger partial charge on any atom is 0.308 e. The van der Waals surface area contributed by atoms with Gasteiger partial charge >= 0.3 is 5.97 Å². The topological polar surface area (TPSA) is 102 Å². The molecule has 37 heavy (non-hydrogen) atoms. The molecule has 0 unspecified atom stereocenters. The summed E-state index contributed by atoms with van der Waals surface area (Å²) in [5.41, 5.74) is 3.82. The van der Waals surface area contributed by atoms with E-state index in [2.05, 4.69) is 15.0 Å². The lowest BCUT2D eigenvalue weighted by Gasteiger charge is -2.24. The van der Waals surface area contributed by atoms with Gasteiger partial charge in [0.2, 0.25) is 11.8 Å². The van der Waals surface area contributed by atoms with E-state index in [1.807, 2.05) is 79.4 Å². The first-order valence-electron chi connectivity index (χ1n) is 12.5. The lowest BCUT2D eigenvalue weighted by atomic mass is 10.00. The van der Waals surface area contributed by atoms with Gasteiger partial charge in [0.15, 0.2) is 0 Å². The van der Waals surface area contributed by atoms with Crippen molar-refractivity contribution in [1.29, 1.82) is 0 Å². The maximum atomic E-state index is 11.7. The second-order valence-electron chi connectivity index (χ2n) is 9.41. The van der Waals surface area contributed by atoms with E-state index in [-0.39, 0.29) is 6.04 Å². The van der Waals surface area contributed by atoms with Crippen molar-refractivity contribution in [2.75, 3.05) is 18.1 Å². The van der Waals surface area contributed by atoms with Gasteiger partial charge in [-0.15, -0.1) is 0 Å². The average molecular weight is 499 g/mol. The zero-order valence-corrected chi connectivity index (χ0v) is 21.0. The molecule has 2 atom stereocenters. The van der Waals surface area contributed by atoms with Crippen LogP contribution in [0.5, 0.6) is 5.75 Å². The number of carboxylic acid groups (broad SMARTS) is 1. The Kier molecular flexibility index (Phi) is 7.16. The first-order chi connectivity index (χ1) is 18.0. The molecule has 1 fully saturated rings. The van der Waals surface area contributed by atoms with E-state index in [0.29, 0.717) is 44.3 Å². The van der Waals surface area contributed by atoms with E-state index in [1.165, 1.54) is 0 Å². The summed E-state index contributed by atoms with van der Waals surface area (Å²) in [4.78, 5) is 27.3. The summed E-state index contributed by atoms with van der Waals surface area (Å²) >= 11 is 0. The van der Waals surface area contributed by atoms with Gasteiger partial charge in [-0.3, -0.25) is 4.79 Å². The second kappa shape index (κ2) is 10.8. The number of carbonyl (C=O) groups is 1. The van der Waals surface area contributed by atoms with Crippen molar-refractivity contribution >= 4 is 11.9 Å². The molecule has 1 saturated heterocycles. The third kappa shape index (κ3) is 5.80. The molecule has 3 heterocycles. The highest BCUT2D eigenvalue weighted by molar-refractivity contribution is 5.72. The highest BCUT2D eigenvalue weighted by atomic mass is 16.5. The average Bonchev–Trinajstić information content (AvgIpc) is 3.49. The first-order valence-corrected chi connectivity index (χ1v) is 12.5. The van der Waals surface area contributed by atoms with E-state index in [0.717, 1.165) is 34.0 Å². The minimum atomic E-state index is -0.776. The summed E-state index contributed by atoms with van der Waals surface area (Å²) in [7, 11) is 0. The number of hydrogen-bond donors (Lipinski definition) is 1. The van der Waals surface area contributed by atoms with Crippen LogP contribution in [0, 0.1) is 19.8 Å². The van der Waals surface area contributed by atoms with Crippen molar-refractivity contribution in [1.82, 2.24) is 15.0 Å². The van der Waals surface area contributed by atoms with Crippen LogP contribution in [-0.4, -0.2) is 45.2 Å². The van der Waals surface area contributed by atoms with E-state index < -0.39 is 11.9 Å². The van der Waals surface area contributed by atoms with Crippen LogP contribution in [0.1, 0.15) is 29.1 Å². The zero-order chi connectivity index (χ0) is 25.8. The van der Waals surface area contributed by atoms with Crippen molar-refractivity contribution in [2.24, 2.45) is 5.92 Å². The minimum Gasteiger partial charge on any atom is -0.493 e. The number of aliphatic carboxylic acids is 1. The summed E-state index contributed by atoms with van der Waals surface area (Å²) in [5.74, 6) is 1.59. The maximum absolute atomic E-state index is 11.7. The Labute approximate surface area is 216 Å². The molecule has 8 nitrogen and oxygen atoms in total. The number of carboxylic acids is 1. The van der Waals surface area contributed by atoms with E-state index in [9.17, 15) is 9.90 Å². The Morgan fingerprint density at radius 3 is 2.59 bits per heavy atom. The van der Waals surface area contributed by atoms with E-state index >= 15 is 0 Å². The van der Waals surface area contributed by atoms with Gasteiger partial charge in [0.1, 0.15) is 11.5 Å². The van der Waals surface area contributed by atoms with Gasteiger partial charge < -0.3 is 19.2 Å². The van der Waals surface area contributed by atoms with Crippen LogP contribution >= 0.6 is 0 Å². The Balaban J connectivity index is 1.19. The Morgan fingerprint density at radius 2 is 1.86 bits per heavy atom. The first kappa shape index (κ1) is 24.5. The third-order valence-corrected chi connectivity index (χ3v) is 6.72. The molecule has 4 aromatic rings. The molecular weight excluding hydrogens is 468 g/mol. The predicted molar refractivity (Wildman–Crippen MR) is 140 cm³/mol. The second-order valence-corrected chi connectivity index (χ2v) is 9.41. The fourth-order valence-corrected chi connectivity index (χ4v) is 4.73.